The molecule has 5 heteroatoms. The first kappa shape index (κ1) is 14.5. The van der Waals surface area contributed by atoms with E-state index in [2.05, 4.69) is 39.4 Å². The Labute approximate surface area is 138 Å². The molecule has 0 aliphatic carbocycles. The maximum Gasteiger partial charge on any atom is 0.260 e. The predicted octanol–water partition coefficient (Wildman–Crippen LogP) is 3.63. The molecule has 2 atom stereocenters. The largest absolute Gasteiger partial charge is 0.339 e. The van der Waals surface area contributed by atoms with Gasteiger partial charge in [-0.1, -0.05) is 53.7 Å². The van der Waals surface area contributed by atoms with E-state index in [1.165, 1.54) is 11.6 Å². The normalized spacial score (nSPS) is 18.2. The van der Waals surface area contributed by atoms with Gasteiger partial charge in [-0.3, -0.25) is 4.79 Å². The fourth-order valence-corrected chi connectivity index (χ4v) is 2.95. The van der Waals surface area contributed by atoms with Crippen molar-refractivity contribution in [1.29, 1.82) is 0 Å². The SMILES string of the molecule is CC(c1nc(C2C=CC=NC2=O)no1)c1cccc2ccccc12. The van der Waals surface area contributed by atoms with Crippen molar-refractivity contribution in [3.8, 4) is 0 Å². The van der Waals surface area contributed by atoms with Crippen molar-refractivity contribution in [3.63, 3.8) is 0 Å². The molecule has 2 heterocycles. The van der Waals surface area contributed by atoms with E-state index in [1.54, 1.807) is 12.2 Å². The summed E-state index contributed by atoms with van der Waals surface area (Å²) in [6.07, 6.45) is 4.92. The summed E-state index contributed by atoms with van der Waals surface area (Å²) < 4.78 is 5.43. The van der Waals surface area contributed by atoms with Crippen LogP contribution >= 0.6 is 0 Å². The number of carbonyl (C=O) groups excluding carboxylic acids is 1. The lowest BCUT2D eigenvalue weighted by Gasteiger charge is -2.11. The Bertz CT molecular complexity index is 966. The molecule has 0 N–H and O–H groups in total. The number of allylic oxidation sites excluding steroid dienone is 1. The van der Waals surface area contributed by atoms with Crippen molar-refractivity contribution < 1.29 is 9.32 Å². The molecule has 3 aromatic rings. The van der Waals surface area contributed by atoms with E-state index >= 15 is 0 Å². The monoisotopic (exact) mass is 317 g/mol. The molecule has 1 aliphatic rings. The van der Waals surface area contributed by atoms with E-state index in [9.17, 15) is 4.79 Å². The number of amides is 1. The summed E-state index contributed by atoms with van der Waals surface area (Å²) in [7, 11) is 0. The highest BCUT2D eigenvalue weighted by Crippen LogP contribution is 2.30. The molecule has 24 heavy (non-hydrogen) atoms. The van der Waals surface area contributed by atoms with Crippen LogP contribution in [0.5, 0.6) is 0 Å². The van der Waals surface area contributed by atoms with Crippen molar-refractivity contribution in [3.05, 3.63) is 71.9 Å². The number of rotatable bonds is 3. The minimum absolute atomic E-state index is 0.0662. The van der Waals surface area contributed by atoms with E-state index in [-0.39, 0.29) is 11.8 Å². The number of fused-ring (bicyclic) bond motifs is 1. The quantitative estimate of drug-likeness (QED) is 0.740. The Morgan fingerprint density at radius 2 is 1.96 bits per heavy atom. The maximum absolute atomic E-state index is 11.8. The summed E-state index contributed by atoms with van der Waals surface area (Å²) in [4.78, 5) is 20.1. The van der Waals surface area contributed by atoms with Gasteiger partial charge in [0.15, 0.2) is 5.82 Å². The molecule has 0 saturated carbocycles. The van der Waals surface area contributed by atoms with E-state index < -0.39 is 5.92 Å². The number of carbonyl (C=O) groups is 1. The zero-order chi connectivity index (χ0) is 16.5. The van der Waals surface area contributed by atoms with E-state index in [4.69, 9.17) is 4.52 Å². The average Bonchev–Trinajstić information content (AvgIpc) is 3.11. The van der Waals surface area contributed by atoms with Gasteiger partial charge in [-0.15, -0.1) is 0 Å². The molecule has 1 aliphatic heterocycles. The fraction of sp³-hybridized carbons (Fsp3) is 0.158. The van der Waals surface area contributed by atoms with Gasteiger partial charge in [-0.2, -0.15) is 4.98 Å². The van der Waals surface area contributed by atoms with Crippen LogP contribution in [0.25, 0.3) is 10.8 Å². The third kappa shape index (κ3) is 2.44. The minimum Gasteiger partial charge on any atom is -0.339 e. The highest BCUT2D eigenvalue weighted by Gasteiger charge is 2.26. The van der Waals surface area contributed by atoms with Crippen LogP contribution in [0.3, 0.4) is 0 Å². The van der Waals surface area contributed by atoms with Crippen molar-refractivity contribution in [2.75, 3.05) is 0 Å². The van der Waals surface area contributed by atoms with E-state index in [1.807, 2.05) is 25.1 Å². The summed E-state index contributed by atoms with van der Waals surface area (Å²) >= 11 is 0. The Balaban J connectivity index is 1.70. The Morgan fingerprint density at radius 1 is 1.12 bits per heavy atom. The summed E-state index contributed by atoms with van der Waals surface area (Å²) in [6.45, 7) is 2.02. The average molecular weight is 317 g/mol. The molecule has 2 aromatic carbocycles. The second-order valence-corrected chi connectivity index (χ2v) is 5.76. The molecule has 0 fully saturated rings. The Kier molecular flexibility index (Phi) is 3.54. The number of nitrogens with zero attached hydrogens (tertiary/aromatic N) is 3. The number of benzene rings is 2. The lowest BCUT2D eigenvalue weighted by Crippen LogP contribution is -2.12. The molecule has 0 saturated heterocycles. The van der Waals surface area contributed by atoms with Crippen LogP contribution < -0.4 is 0 Å². The number of hydrogen-bond donors (Lipinski definition) is 0. The van der Waals surface area contributed by atoms with Gasteiger partial charge < -0.3 is 4.52 Å². The Hall–Kier alpha value is -3.08. The van der Waals surface area contributed by atoms with Gasteiger partial charge in [-0.05, 0) is 29.3 Å². The maximum atomic E-state index is 11.8. The first-order valence-electron chi connectivity index (χ1n) is 7.80. The van der Waals surface area contributed by atoms with Crippen LogP contribution in [-0.2, 0) is 4.79 Å². The number of hydrogen-bond acceptors (Lipinski definition) is 4. The molecule has 5 nitrogen and oxygen atoms in total. The molecular weight excluding hydrogens is 302 g/mol. The van der Waals surface area contributed by atoms with Crippen LogP contribution in [0.4, 0.5) is 0 Å². The van der Waals surface area contributed by atoms with Gasteiger partial charge in [0.2, 0.25) is 5.89 Å². The second kappa shape index (κ2) is 5.85. The molecule has 2 unspecified atom stereocenters. The van der Waals surface area contributed by atoms with Crippen LogP contribution in [0.15, 0.2) is 64.1 Å². The van der Waals surface area contributed by atoms with Crippen molar-refractivity contribution in [2.24, 2.45) is 4.99 Å². The van der Waals surface area contributed by atoms with Gasteiger partial charge in [0.05, 0.1) is 5.92 Å². The fourth-order valence-electron chi connectivity index (χ4n) is 2.95. The van der Waals surface area contributed by atoms with Crippen LogP contribution in [0.2, 0.25) is 0 Å². The number of aliphatic imine (C=N–C) groups is 1. The molecular formula is C19H15N3O2. The Morgan fingerprint density at radius 3 is 2.83 bits per heavy atom. The van der Waals surface area contributed by atoms with Crippen LogP contribution in [0.1, 0.15) is 36.0 Å². The zero-order valence-corrected chi connectivity index (χ0v) is 13.1. The van der Waals surface area contributed by atoms with Gasteiger partial charge in [0, 0.05) is 6.21 Å². The highest BCUT2D eigenvalue weighted by atomic mass is 16.5. The summed E-state index contributed by atoms with van der Waals surface area (Å²) in [5.41, 5.74) is 1.12. The van der Waals surface area contributed by atoms with Crippen LogP contribution in [-0.4, -0.2) is 22.3 Å². The van der Waals surface area contributed by atoms with Gasteiger partial charge in [0.1, 0.15) is 5.92 Å². The predicted molar refractivity (Wildman–Crippen MR) is 91.1 cm³/mol. The highest BCUT2D eigenvalue weighted by molar-refractivity contribution is 5.96. The van der Waals surface area contributed by atoms with Crippen molar-refractivity contribution in [1.82, 2.24) is 10.1 Å². The minimum atomic E-state index is -0.563. The third-order valence-electron chi connectivity index (χ3n) is 4.25. The third-order valence-corrected chi connectivity index (χ3v) is 4.25. The summed E-state index contributed by atoms with van der Waals surface area (Å²) in [5.74, 6) is -0.0503. The smallest absolute Gasteiger partial charge is 0.260 e. The molecule has 1 amide bonds. The number of aromatic nitrogens is 2. The number of dihydropyridines is 1. The molecule has 0 bridgehead atoms. The molecule has 118 valence electrons. The molecule has 0 radical (unpaired) electrons. The lowest BCUT2D eigenvalue weighted by atomic mass is 9.94. The standard InChI is InChI=1S/C19H15N3O2/c1-12(14-9-4-7-13-6-2-3-8-15(13)14)19-21-17(22-24-19)16-10-5-11-20-18(16)23/h2-12,16H,1H3. The summed E-state index contributed by atoms with van der Waals surface area (Å²) in [6, 6.07) is 14.4. The molecule has 4 rings (SSSR count). The van der Waals surface area contributed by atoms with Crippen molar-refractivity contribution in [2.45, 2.75) is 18.8 Å². The van der Waals surface area contributed by atoms with Crippen LogP contribution in [0, 0.1) is 0 Å². The van der Waals surface area contributed by atoms with E-state index in [0.29, 0.717) is 11.7 Å². The molecule has 1 aromatic heterocycles. The van der Waals surface area contributed by atoms with Gasteiger partial charge in [0.25, 0.3) is 5.91 Å². The van der Waals surface area contributed by atoms with E-state index in [0.717, 1.165) is 10.9 Å². The molecule has 0 spiro atoms. The summed E-state index contributed by atoms with van der Waals surface area (Å²) in [5, 5.41) is 6.31. The van der Waals surface area contributed by atoms with Crippen molar-refractivity contribution >= 4 is 22.9 Å². The van der Waals surface area contributed by atoms with Gasteiger partial charge in [-0.25, -0.2) is 4.99 Å². The first-order valence-corrected chi connectivity index (χ1v) is 7.80. The zero-order valence-electron chi connectivity index (χ0n) is 13.1. The second-order valence-electron chi connectivity index (χ2n) is 5.76. The lowest BCUT2D eigenvalue weighted by molar-refractivity contribution is -0.118. The first-order chi connectivity index (χ1) is 11.7. The topological polar surface area (TPSA) is 68.3 Å². The van der Waals surface area contributed by atoms with Gasteiger partial charge >= 0.3 is 0 Å².